The molecule has 1 fully saturated rings. The molecule has 0 saturated carbocycles. The van der Waals surface area contributed by atoms with E-state index in [4.69, 9.17) is 16.3 Å². The first-order valence-electron chi connectivity index (χ1n) is 5.09. The fourth-order valence-corrected chi connectivity index (χ4v) is 1.99. The minimum absolute atomic E-state index is 0.0269. The predicted molar refractivity (Wildman–Crippen MR) is 56.4 cm³/mol. The molecule has 0 aliphatic carbocycles. The summed E-state index contributed by atoms with van der Waals surface area (Å²) in [7, 11) is 0. The van der Waals surface area contributed by atoms with Crippen molar-refractivity contribution in [2.75, 3.05) is 19.0 Å². The number of alkyl halides is 1. The number of hydrogen-bond acceptors (Lipinski definition) is 2. The molecule has 1 amide bonds. The Hall–Kier alpha value is -0.280. The molecule has 1 heterocycles. The van der Waals surface area contributed by atoms with E-state index in [1.54, 1.807) is 0 Å². The van der Waals surface area contributed by atoms with Gasteiger partial charge in [-0.15, -0.1) is 11.6 Å². The van der Waals surface area contributed by atoms with E-state index in [0.717, 1.165) is 13.0 Å². The normalized spacial score (nSPS) is 26.9. The van der Waals surface area contributed by atoms with Crippen molar-refractivity contribution >= 4 is 17.5 Å². The van der Waals surface area contributed by atoms with Gasteiger partial charge in [0.25, 0.3) is 0 Å². The van der Waals surface area contributed by atoms with Crippen molar-refractivity contribution in [1.82, 2.24) is 5.32 Å². The summed E-state index contributed by atoms with van der Waals surface area (Å²) in [4.78, 5) is 10.9. The van der Waals surface area contributed by atoms with E-state index < -0.39 is 0 Å². The molecule has 0 spiro atoms. The average molecular weight is 220 g/mol. The smallest absolute Gasteiger partial charge is 0.235 e. The molecular weight excluding hydrogens is 202 g/mol. The lowest BCUT2D eigenvalue weighted by Crippen LogP contribution is -2.36. The molecular formula is C10H18ClNO2. The van der Waals surface area contributed by atoms with Crippen molar-refractivity contribution in [1.29, 1.82) is 0 Å². The van der Waals surface area contributed by atoms with Gasteiger partial charge >= 0.3 is 0 Å². The minimum Gasteiger partial charge on any atom is -0.376 e. The van der Waals surface area contributed by atoms with Crippen LogP contribution < -0.4 is 5.32 Å². The van der Waals surface area contributed by atoms with Crippen LogP contribution in [-0.2, 0) is 9.53 Å². The van der Waals surface area contributed by atoms with Gasteiger partial charge in [0.1, 0.15) is 5.88 Å². The van der Waals surface area contributed by atoms with Gasteiger partial charge in [-0.05, 0) is 18.3 Å². The maximum atomic E-state index is 10.9. The molecule has 0 bridgehead atoms. The molecule has 0 aromatic rings. The number of carbonyl (C=O) groups excluding carboxylic acids is 1. The van der Waals surface area contributed by atoms with E-state index in [0.29, 0.717) is 18.4 Å². The zero-order valence-electron chi connectivity index (χ0n) is 8.75. The van der Waals surface area contributed by atoms with E-state index >= 15 is 0 Å². The summed E-state index contributed by atoms with van der Waals surface area (Å²) in [5.41, 5.74) is 0. The summed E-state index contributed by atoms with van der Waals surface area (Å²) in [6.45, 7) is 5.78. The summed E-state index contributed by atoms with van der Waals surface area (Å²) < 4.78 is 5.56. The van der Waals surface area contributed by atoms with Crippen LogP contribution in [0.2, 0.25) is 0 Å². The second kappa shape index (κ2) is 5.56. The van der Waals surface area contributed by atoms with Gasteiger partial charge in [-0.25, -0.2) is 0 Å². The van der Waals surface area contributed by atoms with Crippen molar-refractivity contribution in [2.45, 2.75) is 26.4 Å². The second-order valence-corrected chi connectivity index (χ2v) is 4.31. The topological polar surface area (TPSA) is 38.3 Å². The van der Waals surface area contributed by atoms with E-state index in [9.17, 15) is 4.79 Å². The number of rotatable bonds is 4. The Labute approximate surface area is 90.1 Å². The molecule has 1 saturated heterocycles. The molecule has 14 heavy (non-hydrogen) atoms. The fourth-order valence-electron chi connectivity index (χ4n) is 1.90. The van der Waals surface area contributed by atoms with Crippen molar-refractivity contribution in [3.05, 3.63) is 0 Å². The van der Waals surface area contributed by atoms with Gasteiger partial charge in [0.15, 0.2) is 0 Å². The van der Waals surface area contributed by atoms with Crippen LogP contribution in [-0.4, -0.2) is 31.0 Å². The van der Waals surface area contributed by atoms with Crippen LogP contribution in [0.4, 0.5) is 0 Å². The first-order chi connectivity index (χ1) is 6.65. The summed E-state index contributed by atoms with van der Waals surface area (Å²) in [6, 6.07) is 0. The largest absolute Gasteiger partial charge is 0.376 e. The Bertz CT molecular complexity index is 197. The number of nitrogens with one attached hydrogen (secondary N) is 1. The Kier molecular flexibility index (Phi) is 4.69. The van der Waals surface area contributed by atoms with Crippen LogP contribution in [0.3, 0.4) is 0 Å². The van der Waals surface area contributed by atoms with Gasteiger partial charge in [-0.3, -0.25) is 4.79 Å². The molecule has 82 valence electrons. The third kappa shape index (κ3) is 3.14. The summed E-state index contributed by atoms with van der Waals surface area (Å²) in [5.74, 6) is 1.07. The van der Waals surface area contributed by atoms with E-state index in [-0.39, 0.29) is 17.9 Å². The van der Waals surface area contributed by atoms with E-state index in [1.807, 2.05) is 0 Å². The van der Waals surface area contributed by atoms with Crippen molar-refractivity contribution < 1.29 is 9.53 Å². The van der Waals surface area contributed by atoms with Crippen molar-refractivity contribution in [3.8, 4) is 0 Å². The van der Waals surface area contributed by atoms with Crippen LogP contribution in [0, 0.1) is 11.8 Å². The first kappa shape index (κ1) is 11.8. The molecule has 1 aliphatic heterocycles. The number of halogens is 1. The van der Waals surface area contributed by atoms with Crippen LogP contribution in [0.25, 0.3) is 0 Å². The lowest BCUT2D eigenvalue weighted by Gasteiger charge is -2.21. The van der Waals surface area contributed by atoms with Gasteiger partial charge in [0, 0.05) is 13.2 Å². The summed E-state index contributed by atoms with van der Waals surface area (Å²) in [6.07, 6.45) is 1.26. The molecule has 1 rings (SSSR count). The van der Waals surface area contributed by atoms with E-state index in [2.05, 4.69) is 19.2 Å². The maximum Gasteiger partial charge on any atom is 0.235 e. The maximum absolute atomic E-state index is 10.9. The Morgan fingerprint density at radius 1 is 1.64 bits per heavy atom. The molecule has 0 unspecified atom stereocenters. The number of amides is 1. The highest BCUT2D eigenvalue weighted by Crippen LogP contribution is 2.27. The monoisotopic (exact) mass is 219 g/mol. The molecule has 0 radical (unpaired) electrons. The zero-order valence-corrected chi connectivity index (χ0v) is 9.51. The van der Waals surface area contributed by atoms with Crippen LogP contribution in [0.15, 0.2) is 0 Å². The molecule has 4 heteroatoms. The lowest BCUT2D eigenvalue weighted by molar-refractivity contribution is -0.119. The number of ether oxygens (including phenoxy) is 1. The molecule has 3 nitrogen and oxygen atoms in total. The molecule has 0 aromatic heterocycles. The number of hydrogen-bond donors (Lipinski definition) is 1. The van der Waals surface area contributed by atoms with Crippen molar-refractivity contribution in [2.24, 2.45) is 11.8 Å². The van der Waals surface area contributed by atoms with Crippen LogP contribution in [0.5, 0.6) is 0 Å². The SMILES string of the molecule is CC(C)[C@@H]1CCO[C@@H]1CNC(=O)CCl. The van der Waals surface area contributed by atoms with Crippen LogP contribution >= 0.6 is 11.6 Å². The fraction of sp³-hybridized carbons (Fsp3) is 0.900. The van der Waals surface area contributed by atoms with Crippen molar-refractivity contribution in [3.63, 3.8) is 0 Å². The third-order valence-corrected chi connectivity index (χ3v) is 2.98. The third-order valence-electron chi connectivity index (χ3n) is 2.74. The molecule has 1 N–H and O–H groups in total. The minimum atomic E-state index is -0.121. The zero-order chi connectivity index (χ0) is 10.6. The lowest BCUT2D eigenvalue weighted by atomic mass is 9.89. The number of carbonyl (C=O) groups is 1. The summed E-state index contributed by atoms with van der Waals surface area (Å²) >= 11 is 5.38. The van der Waals surface area contributed by atoms with Gasteiger partial charge in [0.05, 0.1) is 6.10 Å². The molecule has 1 aliphatic rings. The Morgan fingerprint density at radius 2 is 2.36 bits per heavy atom. The van der Waals surface area contributed by atoms with Gasteiger partial charge in [-0.1, -0.05) is 13.8 Å². The quantitative estimate of drug-likeness (QED) is 0.726. The summed E-state index contributed by atoms with van der Waals surface area (Å²) in [5, 5.41) is 2.76. The van der Waals surface area contributed by atoms with Gasteiger partial charge in [-0.2, -0.15) is 0 Å². The highest BCUT2D eigenvalue weighted by atomic mass is 35.5. The highest BCUT2D eigenvalue weighted by molar-refractivity contribution is 6.27. The van der Waals surface area contributed by atoms with E-state index in [1.165, 1.54) is 0 Å². The average Bonchev–Trinajstić information content (AvgIpc) is 2.62. The Morgan fingerprint density at radius 3 is 2.93 bits per heavy atom. The first-order valence-corrected chi connectivity index (χ1v) is 5.63. The van der Waals surface area contributed by atoms with Gasteiger partial charge in [0.2, 0.25) is 5.91 Å². The van der Waals surface area contributed by atoms with Crippen LogP contribution in [0.1, 0.15) is 20.3 Å². The Balaban J connectivity index is 2.32. The standard InChI is InChI=1S/C10H18ClNO2/c1-7(2)8-3-4-14-9(8)6-12-10(13)5-11/h7-9H,3-6H2,1-2H3,(H,12,13)/t8-,9+/m0/s1. The van der Waals surface area contributed by atoms with Gasteiger partial charge < -0.3 is 10.1 Å². The molecule has 0 aromatic carbocycles. The second-order valence-electron chi connectivity index (χ2n) is 4.04. The predicted octanol–water partition coefficient (Wildman–Crippen LogP) is 1.40. The molecule has 2 atom stereocenters. The highest BCUT2D eigenvalue weighted by Gasteiger charge is 2.30.